The molecule has 0 saturated carbocycles. The fourth-order valence-electron chi connectivity index (χ4n) is 3.11. The van der Waals surface area contributed by atoms with Crippen molar-refractivity contribution in [2.45, 2.75) is 45.4 Å². The minimum atomic E-state index is -0.416. The lowest BCUT2D eigenvalue weighted by molar-refractivity contribution is -0.118. The van der Waals surface area contributed by atoms with Gasteiger partial charge in [0.2, 0.25) is 5.91 Å². The Kier molecular flexibility index (Phi) is 10.4. The number of benzene rings is 2. The highest BCUT2D eigenvalue weighted by Gasteiger charge is 2.18. The van der Waals surface area contributed by atoms with Crippen molar-refractivity contribution in [3.8, 4) is 5.75 Å². The number of unbranched alkanes of at least 4 members (excludes halogenated alkanes) is 3. The van der Waals surface area contributed by atoms with Crippen molar-refractivity contribution in [3.05, 3.63) is 64.1 Å². The maximum Gasteiger partial charge on any atom is 0.253 e. The molecule has 2 aromatic rings. The van der Waals surface area contributed by atoms with E-state index in [1.54, 1.807) is 17.0 Å². The number of carbonyl (C=O) groups is 2. The average molecular weight is 475 g/mol. The van der Waals surface area contributed by atoms with Crippen LogP contribution in [0.5, 0.6) is 5.75 Å². The number of halogens is 1. The first-order chi connectivity index (χ1) is 14.5. The van der Waals surface area contributed by atoms with E-state index in [0.717, 1.165) is 28.6 Å². The SMILES string of the molecule is CCCCCCOc1ccc(C(=O)N(CCC(N)=O)CCc2ccccc2)cc1Br. The minimum absolute atomic E-state index is 0.123. The Morgan fingerprint density at radius 1 is 1.03 bits per heavy atom. The summed E-state index contributed by atoms with van der Waals surface area (Å²) in [5, 5.41) is 0. The number of hydrogen-bond donors (Lipinski definition) is 1. The summed E-state index contributed by atoms with van der Waals surface area (Å²) in [6.45, 7) is 3.66. The van der Waals surface area contributed by atoms with Crippen LogP contribution in [0, 0.1) is 0 Å². The van der Waals surface area contributed by atoms with Crippen molar-refractivity contribution in [3.63, 3.8) is 0 Å². The second-order valence-corrected chi connectivity index (χ2v) is 8.15. The highest BCUT2D eigenvalue weighted by molar-refractivity contribution is 9.10. The lowest BCUT2D eigenvalue weighted by Gasteiger charge is -2.23. The molecule has 0 atom stereocenters. The van der Waals surface area contributed by atoms with Crippen LogP contribution in [-0.4, -0.2) is 36.4 Å². The second kappa shape index (κ2) is 13.1. The van der Waals surface area contributed by atoms with E-state index in [9.17, 15) is 9.59 Å². The summed E-state index contributed by atoms with van der Waals surface area (Å²) in [6, 6.07) is 15.3. The van der Waals surface area contributed by atoms with Crippen LogP contribution in [0.15, 0.2) is 53.0 Å². The van der Waals surface area contributed by atoms with Crippen molar-refractivity contribution < 1.29 is 14.3 Å². The summed E-state index contributed by atoms with van der Waals surface area (Å²) in [7, 11) is 0. The van der Waals surface area contributed by atoms with Gasteiger partial charge < -0.3 is 15.4 Å². The van der Waals surface area contributed by atoms with Crippen molar-refractivity contribution in [2.24, 2.45) is 5.73 Å². The molecule has 0 radical (unpaired) electrons. The lowest BCUT2D eigenvalue weighted by Crippen LogP contribution is -2.35. The molecule has 0 fully saturated rings. The number of nitrogens with zero attached hydrogens (tertiary/aromatic N) is 1. The van der Waals surface area contributed by atoms with Crippen LogP contribution in [0.25, 0.3) is 0 Å². The van der Waals surface area contributed by atoms with Crippen LogP contribution in [0.4, 0.5) is 0 Å². The van der Waals surface area contributed by atoms with Crippen LogP contribution in [0.2, 0.25) is 0 Å². The van der Waals surface area contributed by atoms with Crippen molar-refractivity contribution in [1.29, 1.82) is 0 Å². The molecule has 2 N–H and O–H groups in total. The molecule has 0 aromatic heterocycles. The Labute approximate surface area is 187 Å². The van der Waals surface area contributed by atoms with E-state index in [1.807, 2.05) is 36.4 Å². The van der Waals surface area contributed by atoms with Gasteiger partial charge in [-0.15, -0.1) is 0 Å². The molecule has 0 saturated heterocycles. The minimum Gasteiger partial charge on any atom is -0.492 e. The first-order valence-electron chi connectivity index (χ1n) is 10.5. The summed E-state index contributed by atoms with van der Waals surface area (Å²) in [6.07, 6.45) is 5.42. The number of carbonyl (C=O) groups excluding carboxylic acids is 2. The highest BCUT2D eigenvalue weighted by atomic mass is 79.9. The van der Waals surface area contributed by atoms with Crippen LogP contribution in [0.1, 0.15) is 54.9 Å². The van der Waals surface area contributed by atoms with E-state index >= 15 is 0 Å². The topological polar surface area (TPSA) is 72.6 Å². The second-order valence-electron chi connectivity index (χ2n) is 7.30. The molecule has 30 heavy (non-hydrogen) atoms. The van der Waals surface area contributed by atoms with Gasteiger partial charge in [0.15, 0.2) is 0 Å². The van der Waals surface area contributed by atoms with Crippen LogP contribution in [-0.2, 0) is 11.2 Å². The zero-order chi connectivity index (χ0) is 21.8. The maximum absolute atomic E-state index is 13.1. The Hall–Kier alpha value is -2.34. The van der Waals surface area contributed by atoms with Gasteiger partial charge in [-0.1, -0.05) is 56.5 Å². The first kappa shape index (κ1) is 23.9. The summed E-state index contributed by atoms with van der Waals surface area (Å²) >= 11 is 3.52. The van der Waals surface area contributed by atoms with Crippen LogP contribution >= 0.6 is 15.9 Å². The molecule has 0 aliphatic carbocycles. The van der Waals surface area contributed by atoms with E-state index in [-0.39, 0.29) is 12.3 Å². The highest BCUT2D eigenvalue weighted by Crippen LogP contribution is 2.27. The third-order valence-corrected chi connectivity index (χ3v) is 5.48. The largest absolute Gasteiger partial charge is 0.492 e. The predicted octanol–water partition coefficient (Wildman–Crippen LogP) is 4.97. The van der Waals surface area contributed by atoms with Gasteiger partial charge in [0, 0.05) is 25.1 Å². The van der Waals surface area contributed by atoms with E-state index < -0.39 is 5.91 Å². The third kappa shape index (κ3) is 8.19. The molecule has 0 bridgehead atoms. The van der Waals surface area contributed by atoms with Gasteiger partial charge in [-0.3, -0.25) is 9.59 Å². The van der Waals surface area contributed by atoms with E-state index in [0.29, 0.717) is 31.7 Å². The summed E-state index contributed by atoms with van der Waals surface area (Å²) in [5.74, 6) is 0.193. The Bertz CT molecular complexity index is 811. The molecule has 0 unspecified atom stereocenters. The zero-order valence-electron chi connectivity index (χ0n) is 17.6. The molecular weight excluding hydrogens is 444 g/mol. The standard InChI is InChI=1S/C24H31BrN2O3/c1-2-3-4-8-17-30-22-12-11-20(18-21(22)25)24(29)27(16-14-23(26)28)15-13-19-9-6-5-7-10-19/h5-7,9-12,18H,2-4,8,13-17H2,1H3,(H2,26,28). The van der Waals surface area contributed by atoms with Gasteiger partial charge in [0.25, 0.3) is 5.91 Å². The molecule has 2 aromatic carbocycles. The molecule has 0 heterocycles. The fourth-order valence-corrected chi connectivity index (χ4v) is 3.61. The normalized spacial score (nSPS) is 10.6. The van der Waals surface area contributed by atoms with E-state index in [2.05, 4.69) is 22.9 Å². The quantitative estimate of drug-likeness (QED) is 0.416. The molecule has 0 aliphatic rings. The number of ether oxygens (including phenoxy) is 1. The summed E-state index contributed by atoms with van der Waals surface area (Å²) in [5.41, 5.74) is 7.00. The third-order valence-electron chi connectivity index (χ3n) is 4.86. The smallest absolute Gasteiger partial charge is 0.253 e. The van der Waals surface area contributed by atoms with Crippen LogP contribution < -0.4 is 10.5 Å². The fraction of sp³-hybridized carbons (Fsp3) is 0.417. The van der Waals surface area contributed by atoms with Crippen molar-refractivity contribution >= 4 is 27.7 Å². The first-order valence-corrected chi connectivity index (χ1v) is 11.3. The molecule has 6 heteroatoms. The molecule has 0 aliphatic heterocycles. The van der Waals surface area contributed by atoms with Gasteiger partial charge in [0.1, 0.15) is 5.75 Å². The van der Waals surface area contributed by atoms with Crippen molar-refractivity contribution in [2.75, 3.05) is 19.7 Å². The molecular formula is C24H31BrN2O3. The molecule has 0 spiro atoms. The molecule has 2 rings (SSSR count). The maximum atomic E-state index is 13.1. The summed E-state index contributed by atoms with van der Waals surface area (Å²) < 4.78 is 6.58. The van der Waals surface area contributed by atoms with Gasteiger partial charge in [-0.05, 0) is 52.5 Å². The monoisotopic (exact) mass is 474 g/mol. The number of hydrogen-bond acceptors (Lipinski definition) is 3. The van der Waals surface area contributed by atoms with Gasteiger partial charge in [0.05, 0.1) is 11.1 Å². The number of rotatable bonds is 13. The van der Waals surface area contributed by atoms with Gasteiger partial charge >= 0.3 is 0 Å². The Morgan fingerprint density at radius 3 is 2.47 bits per heavy atom. The predicted molar refractivity (Wildman–Crippen MR) is 124 cm³/mol. The Balaban J connectivity index is 2.02. The number of amides is 2. The zero-order valence-corrected chi connectivity index (χ0v) is 19.2. The van der Waals surface area contributed by atoms with Gasteiger partial charge in [-0.2, -0.15) is 0 Å². The lowest BCUT2D eigenvalue weighted by atomic mass is 10.1. The molecule has 5 nitrogen and oxygen atoms in total. The summed E-state index contributed by atoms with van der Waals surface area (Å²) in [4.78, 5) is 26.0. The molecule has 2 amide bonds. The number of nitrogens with two attached hydrogens (primary N) is 1. The van der Waals surface area contributed by atoms with Crippen molar-refractivity contribution in [1.82, 2.24) is 4.90 Å². The van der Waals surface area contributed by atoms with Gasteiger partial charge in [-0.25, -0.2) is 0 Å². The van der Waals surface area contributed by atoms with Crippen LogP contribution in [0.3, 0.4) is 0 Å². The molecule has 162 valence electrons. The van der Waals surface area contributed by atoms with E-state index in [4.69, 9.17) is 10.5 Å². The average Bonchev–Trinajstić information content (AvgIpc) is 2.74. The van der Waals surface area contributed by atoms with E-state index in [1.165, 1.54) is 12.8 Å². The Morgan fingerprint density at radius 2 is 1.80 bits per heavy atom. The number of primary amides is 1.